The molecule has 0 spiro atoms. The Morgan fingerprint density at radius 2 is 1.12 bits per heavy atom. The fourth-order valence-corrected chi connectivity index (χ4v) is 2.70. The van der Waals surface area contributed by atoms with Crippen LogP contribution in [0.2, 0.25) is 10.0 Å². The molecule has 0 atom stereocenters. The largest absolute Gasteiger partial charge is 0.308 e. The van der Waals surface area contributed by atoms with E-state index in [0.717, 1.165) is 22.3 Å². The van der Waals surface area contributed by atoms with Crippen molar-refractivity contribution in [3.8, 4) is 0 Å². The van der Waals surface area contributed by atoms with E-state index in [2.05, 4.69) is 5.32 Å². The number of rotatable bonds is 2. The number of piperidine rings is 1. The van der Waals surface area contributed by atoms with Gasteiger partial charge in [-0.1, -0.05) is 47.5 Å². The quantitative estimate of drug-likeness (QED) is 0.738. The summed E-state index contributed by atoms with van der Waals surface area (Å²) in [5.74, 6) is 0.0775. The maximum absolute atomic E-state index is 12.6. The van der Waals surface area contributed by atoms with E-state index in [1.165, 1.54) is 0 Å². The zero-order valence-corrected chi connectivity index (χ0v) is 15.1. The molecule has 124 valence electrons. The van der Waals surface area contributed by atoms with Crippen molar-refractivity contribution >= 4 is 53.5 Å². The number of carbonyl (C=O) groups excluding carboxylic acids is 1. The SMILES string of the molecule is Cl.O=C1/C(=C/c2ccc(Cl)cc2)CNC/C1=C\c1ccc(Cl)cc1. The molecule has 2 aromatic rings. The maximum atomic E-state index is 12.6. The van der Waals surface area contributed by atoms with Gasteiger partial charge in [-0.3, -0.25) is 4.79 Å². The van der Waals surface area contributed by atoms with Crippen LogP contribution in [0.25, 0.3) is 12.2 Å². The summed E-state index contributed by atoms with van der Waals surface area (Å²) in [6.45, 7) is 1.14. The van der Waals surface area contributed by atoms with Crippen molar-refractivity contribution in [2.24, 2.45) is 0 Å². The van der Waals surface area contributed by atoms with Gasteiger partial charge in [0.15, 0.2) is 5.78 Å². The molecule has 1 N–H and O–H groups in total. The van der Waals surface area contributed by atoms with Crippen LogP contribution >= 0.6 is 35.6 Å². The molecule has 0 bridgehead atoms. The number of hydrogen-bond acceptors (Lipinski definition) is 2. The minimum Gasteiger partial charge on any atom is -0.308 e. The molecular weight excluding hydrogens is 365 g/mol. The second-order valence-electron chi connectivity index (χ2n) is 5.37. The third-order valence-electron chi connectivity index (χ3n) is 3.64. The van der Waals surface area contributed by atoms with Crippen LogP contribution in [0.5, 0.6) is 0 Å². The molecule has 0 aliphatic carbocycles. The topological polar surface area (TPSA) is 29.1 Å². The normalized spacial score (nSPS) is 17.8. The zero-order chi connectivity index (χ0) is 16.2. The fourth-order valence-electron chi connectivity index (χ4n) is 2.45. The first kappa shape index (κ1) is 18.8. The van der Waals surface area contributed by atoms with Gasteiger partial charge in [-0.05, 0) is 47.5 Å². The molecule has 1 aliphatic rings. The summed E-state index contributed by atoms with van der Waals surface area (Å²) in [6, 6.07) is 14.9. The average molecular weight is 381 g/mol. The predicted molar refractivity (Wildman–Crippen MR) is 104 cm³/mol. The number of hydrogen-bond donors (Lipinski definition) is 1. The van der Waals surface area contributed by atoms with Gasteiger partial charge in [0.25, 0.3) is 0 Å². The Balaban J connectivity index is 0.00000208. The number of Topliss-reactive ketones (excluding diaryl/α,β-unsaturated/α-hetero) is 1. The molecule has 1 saturated heterocycles. The highest BCUT2D eigenvalue weighted by Crippen LogP contribution is 2.19. The molecule has 0 amide bonds. The molecule has 2 aromatic carbocycles. The maximum Gasteiger partial charge on any atom is 0.187 e. The Bertz CT molecular complexity index is 712. The fraction of sp³-hybridized carbons (Fsp3) is 0.105. The predicted octanol–water partition coefficient (Wildman–Crippen LogP) is 5.05. The van der Waals surface area contributed by atoms with Gasteiger partial charge in [0.2, 0.25) is 0 Å². The van der Waals surface area contributed by atoms with Crippen LogP contribution in [0.15, 0.2) is 59.7 Å². The first-order chi connectivity index (χ1) is 11.1. The van der Waals surface area contributed by atoms with Crippen LogP contribution in [0.3, 0.4) is 0 Å². The minimum absolute atomic E-state index is 0. The van der Waals surface area contributed by atoms with Crippen molar-refractivity contribution in [2.75, 3.05) is 13.1 Å². The van der Waals surface area contributed by atoms with E-state index in [-0.39, 0.29) is 18.2 Å². The molecule has 24 heavy (non-hydrogen) atoms. The standard InChI is InChI=1S/C19H15Cl2NO.ClH/c20-17-5-1-13(2-6-17)9-15-11-22-12-16(19(15)23)10-14-3-7-18(21)8-4-14;/h1-10,22H,11-12H2;1H/b15-9+,16-10+;. The summed E-state index contributed by atoms with van der Waals surface area (Å²) in [7, 11) is 0. The van der Waals surface area contributed by atoms with Gasteiger partial charge in [-0.25, -0.2) is 0 Å². The second kappa shape index (κ2) is 8.50. The van der Waals surface area contributed by atoms with Gasteiger partial charge >= 0.3 is 0 Å². The van der Waals surface area contributed by atoms with E-state index in [1.807, 2.05) is 60.7 Å². The smallest absolute Gasteiger partial charge is 0.187 e. The van der Waals surface area contributed by atoms with Crippen LogP contribution in [0.4, 0.5) is 0 Å². The first-order valence-corrected chi connectivity index (χ1v) is 8.05. The monoisotopic (exact) mass is 379 g/mol. The zero-order valence-electron chi connectivity index (χ0n) is 12.8. The van der Waals surface area contributed by atoms with Gasteiger partial charge in [-0.2, -0.15) is 0 Å². The van der Waals surface area contributed by atoms with Gasteiger partial charge in [-0.15, -0.1) is 12.4 Å². The first-order valence-electron chi connectivity index (χ1n) is 7.29. The molecule has 1 fully saturated rings. The lowest BCUT2D eigenvalue weighted by Gasteiger charge is -2.18. The van der Waals surface area contributed by atoms with E-state index >= 15 is 0 Å². The number of nitrogens with one attached hydrogen (secondary N) is 1. The van der Waals surface area contributed by atoms with Crippen molar-refractivity contribution in [1.82, 2.24) is 5.32 Å². The Hall–Kier alpha value is -1.58. The van der Waals surface area contributed by atoms with E-state index < -0.39 is 0 Å². The molecule has 5 heteroatoms. The van der Waals surface area contributed by atoms with E-state index in [9.17, 15) is 4.79 Å². The molecule has 1 aliphatic heterocycles. The lowest BCUT2D eigenvalue weighted by molar-refractivity contribution is -0.112. The van der Waals surface area contributed by atoms with E-state index in [1.54, 1.807) is 0 Å². The molecule has 0 aromatic heterocycles. The summed E-state index contributed by atoms with van der Waals surface area (Å²) in [4.78, 5) is 12.6. The Kier molecular flexibility index (Phi) is 6.64. The van der Waals surface area contributed by atoms with Gasteiger partial charge in [0.1, 0.15) is 0 Å². The summed E-state index contributed by atoms with van der Waals surface area (Å²) >= 11 is 11.8. The number of halogens is 3. The molecule has 0 saturated carbocycles. The van der Waals surface area contributed by atoms with Gasteiger partial charge in [0, 0.05) is 34.3 Å². The lowest BCUT2D eigenvalue weighted by Crippen LogP contribution is -2.32. The van der Waals surface area contributed by atoms with Gasteiger partial charge in [0.05, 0.1) is 0 Å². The van der Waals surface area contributed by atoms with Crippen LogP contribution in [0.1, 0.15) is 11.1 Å². The third-order valence-corrected chi connectivity index (χ3v) is 4.14. The minimum atomic E-state index is 0. The number of benzene rings is 2. The Morgan fingerprint density at radius 3 is 1.50 bits per heavy atom. The highest BCUT2D eigenvalue weighted by atomic mass is 35.5. The number of ketones is 1. The summed E-state index contributed by atoms with van der Waals surface area (Å²) < 4.78 is 0. The number of carbonyl (C=O) groups is 1. The molecule has 2 nitrogen and oxygen atoms in total. The Morgan fingerprint density at radius 1 is 0.750 bits per heavy atom. The van der Waals surface area contributed by atoms with Crippen LogP contribution in [0, 0.1) is 0 Å². The molecule has 3 rings (SSSR count). The lowest BCUT2D eigenvalue weighted by atomic mass is 9.95. The van der Waals surface area contributed by atoms with Crippen molar-refractivity contribution in [3.05, 3.63) is 80.8 Å². The Labute approximate surface area is 157 Å². The van der Waals surface area contributed by atoms with E-state index in [4.69, 9.17) is 23.2 Å². The second-order valence-corrected chi connectivity index (χ2v) is 6.25. The highest BCUT2D eigenvalue weighted by molar-refractivity contribution is 6.30. The molecule has 0 radical (unpaired) electrons. The summed E-state index contributed by atoms with van der Waals surface area (Å²) in [5, 5.41) is 4.64. The summed E-state index contributed by atoms with van der Waals surface area (Å²) in [5.41, 5.74) is 3.43. The van der Waals surface area contributed by atoms with Crippen LogP contribution < -0.4 is 5.32 Å². The van der Waals surface area contributed by atoms with E-state index in [0.29, 0.717) is 23.1 Å². The summed E-state index contributed by atoms with van der Waals surface area (Å²) in [6.07, 6.45) is 3.81. The third kappa shape index (κ3) is 4.71. The molecule has 1 heterocycles. The van der Waals surface area contributed by atoms with Crippen LogP contribution in [-0.4, -0.2) is 18.9 Å². The highest BCUT2D eigenvalue weighted by Gasteiger charge is 2.19. The van der Waals surface area contributed by atoms with Crippen molar-refractivity contribution in [1.29, 1.82) is 0 Å². The van der Waals surface area contributed by atoms with Crippen molar-refractivity contribution < 1.29 is 4.79 Å². The van der Waals surface area contributed by atoms with Gasteiger partial charge < -0.3 is 5.32 Å². The average Bonchev–Trinajstić information content (AvgIpc) is 2.55. The van der Waals surface area contributed by atoms with Crippen LogP contribution in [-0.2, 0) is 4.79 Å². The van der Waals surface area contributed by atoms with Crippen molar-refractivity contribution in [2.45, 2.75) is 0 Å². The molecule has 0 unspecified atom stereocenters. The van der Waals surface area contributed by atoms with Crippen molar-refractivity contribution in [3.63, 3.8) is 0 Å². The molecular formula is C19H16Cl3NO.